The van der Waals surface area contributed by atoms with Crippen LogP contribution in [0.15, 0.2) is 48.5 Å². The molecular formula is C25H35N3O2S. The summed E-state index contributed by atoms with van der Waals surface area (Å²) in [5.41, 5.74) is 3.57. The quantitative estimate of drug-likeness (QED) is 0.567. The Bertz CT molecular complexity index is 803. The van der Waals surface area contributed by atoms with E-state index in [1.54, 1.807) is 7.11 Å². The average molecular weight is 442 g/mol. The monoisotopic (exact) mass is 441 g/mol. The van der Waals surface area contributed by atoms with E-state index in [0.717, 1.165) is 68.9 Å². The molecule has 1 heterocycles. The minimum absolute atomic E-state index is 0.521. The lowest BCUT2D eigenvalue weighted by atomic mass is 10.0. The van der Waals surface area contributed by atoms with Gasteiger partial charge in [-0.25, -0.2) is 0 Å². The molecule has 0 aromatic heterocycles. The first kappa shape index (κ1) is 23.5. The number of methoxy groups -OCH3 is 1. The summed E-state index contributed by atoms with van der Waals surface area (Å²) in [4.78, 5) is 4.73. The maximum Gasteiger partial charge on any atom is 0.173 e. The lowest BCUT2D eigenvalue weighted by Crippen LogP contribution is -2.40. The number of hydrogen-bond acceptors (Lipinski definition) is 4. The average Bonchev–Trinajstić information content (AvgIpc) is 2.80. The van der Waals surface area contributed by atoms with Crippen molar-refractivity contribution in [3.05, 3.63) is 59.7 Å². The van der Waals surface area contributed by atoms with Crippen LogP contribution >= 0.6 is 12.2 Å². The van der Waals surface area contributed by atoms with Crippen molar-refractivity contribution < 1.29 is 9.47 Å². The zero-order chi connectivity index (χ0) is 22.1. The Morgan fingerprint density at radius 2 is 1.77 bits per heavy atom. The van der Waals surface area contributed by atoms with Crippen molar-refractivity contribution in [2.24, 2.45) is 0 Å². The molecule has 31 heavy (non-hydrogen) atoms. The van der Waals surface area contributed by atoms with Crippen molar-refractivity contribution in [2.45, 2.75) is 32.7 Å². The van der Waals surface area contributed by atoms with E-state index in [1.165, 1.54) is 11.1 Å². The fourth-order valence-electron chi connectivity index (χ4n) is 3.67. The van der Waals surface area contributed by atoms with E-state index in [1.807, 2.05) is 12.1 Å². The topological polar surface area (TPSA) is 37.0 Å². The molecule has 6 heteroatoms. The number of thiocarbonyl (C=S) groups is 1. The zero-order valence-corrected chi connectivity index (χ0v) is 19.8. The first-order valence-electron chi connectivity index (χ1n) is 11.1. The van der Waals surface area contributed by atoms with Gasteiger partial charge in [0.2, 0.25) is 0 Å². The maximum absolute atomic E-state index is 5.82. The van der Waals surface area contributed by atoms with E-state index >= 15 is 0 Å². The van der Waals surface area contributed by atoms with E-state index in [2.05, 4.69) is 65.4 Å². The van der Waals surface area contributed by atoms with Gasteiger partial charge in [0.15, 0.2) is 5.11 Å². The molecule has 1 fully saturated rings. The number of nitrogens with one attached hydrogen (secondary N) is 1. The van der Waals surface area contributed by atoms with Crippen molar-refractivity contribution in [3.63, 3.8) is 0 Å². The molecule has 1 aliphatic rings. The van der Waals surface area contributed by atoms with Crippen molar-refractivity contribution >= 4 is 23.0 Å². The van der Waals surface area contributed by atoms with Crippen molar-refractivity contribution in [3.8, 4) is 5.75 Å². The van der Waals surface area contributed by atoms with E-state index in [0.29, 0.717) is 5.92 Å². The number of ether oxygens (including phenoxy) is 2. The summed E-state index contributed by atoms with van der Waals surface area (Å²) < 4.78 is 10.8. The third kappa shape index (κ3) is 7.49. The van der Waals surface area contributed by atoms with Gasteiger partial charge in [-0.15, -0.1) is 0 Å². The van der Waals surface area contributed by atoms with Gasteiger partial charge in [-0.3, -0.25) is 4.90 Å². The number of hydrogen-bond donors (Lipinski definition) is 1. The lowest BCUT2D eigenvalue weighted by Gasteiger charge is -2.29. The molecule has 0 amide bonds. The SMILES string of the molecule is COc1ccc(CN(CCCN2CCOCC2)C(=S)Nc2ccc(C(C)C)cc2)cc1. The highest BCUT2D eigenvalue weighted by Crippen LogP contribution is 2.19. The molecule has 0 radical (unpaired) electrons. The van der Waals surface area contributed by atoms with Crippen LogP contribution in [0.3, 0.4) is 0 Å². The molecule has 0 aliphatic carbocycles. The highest BCUT2D eigenvalue weighted by Gasteiger charge is 2.14. The number of nitrogens with zero attached hydrogens (tertiary/aromatic N) is 2. The summed E-state index contributed by atoms with van der Waals surface area (Å²) in [6.07, 6.45) is 1.06. The fourth-order valence-corrected chi connectivity index (χ4v) is 3.94. The Morgan fingerprint density at radius 1 is 1.10 bits per heavy atom. The van der Waals surface area contributed by atoms with Gasteiger partial charge in [0, 0.05) is 38.4 Å². The third-order valence-electron chi connectivity index (χ3n) is 5.65. The molecule has 2 aromatic carbocycles. The Hall–Kier alpha value is -2.15. The number of benzene rings is 2. The van der Waals surface area contributed by atoms with Gasteiger partial charge in [0.1, 0.15) is 5.75 Å². The molecule has 0 spiro atoms. The Labute approximate surface area is 192 Å². The van der Waals surface area contributed by atoms with Crippen molar-refractivity contribution in [1.29, 1.82) is 0 Å². The predicted octanol–water partition coefficient (Wildman–Crippen LogP) is 4.74. The summed E-state index contributed by atoms with van der Waals surface area (Å²) in [6, 6.07) is 16.8. The highest BCUT2D eigenvalue weighted by atomic mass is 32.1. The van der Waals surface area contributed by atoms with E-state index in [-0.39, 0.29) is 0 Å². The molecule has 0 unspecified atom stereocenters. The van der Waals surface area contributed by atoms with Crippen molar-refractivity contribution in [2.75, 3.05) is 51.8 Å². The van der Waals surface area contributed by atoms with Crippen LogP contribution in [0.5, 0.6) is 5.75 Å². The van der Waals surface area contributed by atoms with E-state index < -0.39 is 0 Å². The Morgan fingerprint density at radius 3 is 2.39 bits per heavy atom. The van der Waals surface area contributed by atoms with Gasteiger partial charge in [0.25, 0.3) is 0 Å². The molecule has 0 atom stereocenters. The van der Waals surface area contributed by atoms with Crippen LogP contribution in [0.1, 0.15) is 37.3 Å². The van der Waals surface area contributed by atoms with Crippen LogP contribution in [0.4, 0.5) is 5.69 Å². The molecule has 0 saturated carbocycles. The van der Waals surface area contributed by atoms with Gasteiger partial charge < -0.3 is 19.7 Å². The second-order valence-corrected chi connectivity index (χ2v) is 8.67. The zero-order valence-electron chi connectivity index (χ0n) is 19.0. The van der Waals surface area contributed by atoms with Crippen LogP contribution in [0.2, 0.25) is 0 Å². The number of rotatable bonds is 9. The summed E-state index contributed by atoms with van der Waals surface area (Å²) >= 11 is 5.82. The van der Waals surface area contributed by atoms with Crippen LogP contribution in [0, 0.1) is 0 Å². The largest absolute Gasteiger partial charge is 0.497 e. The summed E-state index contributed by atoms with van der Waals surface area (Å²) in [6.45, 7) is 10.9. The summed E-state index contributed by atoms with van der Waals surface area (Å²) in [5.74, 6) is 1.39. The first-order chi connectivity index (χ1) is 15.0. The molecular weight excluding hydrogens is 406 g/mol. The normalized spacial score (nSPS) is 14.5. The van der Waals surface area contributed by atoms with Gasteiger partial charge in [-0.1, -0.05) is 38.1 Å². The van der Waals surface area contributed by atoms with Crippen LogP contribution in [0.25, 0.3) is 0 Å². The molecule has 2 aromatic rings. The lowest BCUT2D eigenvalue weighted by molar-refractivity contribution is 0.0368. The molecule has 0 bridgehead atoms. The Kier molecular flexibility index (Phi) is 9.13. The molecule has 1 saturated heterocycles. The van der Waals surface area contributed by atoms with Crippen LogP contribution in [-0.2, 0) is 11.3 Å². The fraction of sp³-hybridized carbons (Fsp3) is 0.480. The van der Waals surface area contributed by atoms with E-state index in [4.69, 9.17) is 21.7 Å². The van der Waals surface area contributed by atoms with Gasteiger partial charge in [-0.05, 0) is 59.9 Å². The molecule has 3 rings (SSSR count). The summed E-state index contributed by atoms with van der Waals surface area (Å²) in [5, 5.41) is 4.20. The Balaban J connectivity index is 1.62. The maximum atomic E-state index is 5.82. The second-order valence-electron chi connectivity index (χ2n) is 8.28. The number of morpholine rings is 1. The molecule has 1 aliphatic heterocycles. The minimum atomic E-state index is 0.521. The summed E-state index contributed by atoms with van der Waals surface area (Å²) in [7, 11) is 1.69. The van der Waals surface area contributed by atoms with Gasteiger partial charge >= 0.3 is 0 Å². The number of anilines is 1. The predicted molar refractivity (Wildman–Crippen MR) is 132 cm³/mol. The van der Waals surface area contributed by atoms with Crippen LogP contribution in [-0.4, -0.2) is 61.4 Å². The molecule has 5 nitrogen and oxygen atoms in total. The van der Waals surface area contributed by atoms with Gasteiger partial charge in [-0.2, -0.15) is 0 Å². The third-order valence-corrected chi connectivity index (χ3v) is 6.01. The standard InChI is InChI=1S/C25H35N3O2S/c1-20(2)22-7-9-23(10-8-22)26-25(31)28(14-4-13-27-15-17-30-18-16-27)19-21-5-11-24(29-3)12-6-21/h5-12,20H,4,13-19H2,1-3H3,(H,26,31). The van der Waals surface area contributed by atoms with Crippen LogP contribution < -0.4 is 10.1 Å². The molecule has 1 N–H and O–H groups in total. The second kappa shape index (κ2) is 12.0. The highest BCUT2D eigenvalue weighted by molar-refractivity contribution is 7.80. The smallest absolute Gasteiger partial charge is 0.173 e. The first-order valence-corrected chi connectivity index (χ1v) is 11.5. The van der Waals surface area contributed by atoms with Crippen molar-refractivity contribution in [1.82, 2.24) is 9.80 Å². The van der Waals surface area contributed by atoms with E-state index in [9.17, 15) is 0 Å². The molecule has 168 valence electrons. The minimum Gasteiger partial charge on any atom is -0.497 e. The van der Waals surface area contributed by atoms with Gasteiger partial charge in [0.05, 0.1) is 20.3 Å².